The smallest absolute Gasteiger partial charge is 0.0634 e. The molecule has 0 aliphatic heterocycles. The molecule has 0 aromatic carbocycles. The molecule has 0 aliphatic carbocycles. The fourth-order valence-electron chi connectivity index (χ4n) is 0.880. The summed E-state index contributed by atoms with van der Waals surface area (Å²) in [4.78, 5) is 0. The van der Waals surface area contributed by atoms with E-state index in [1.54, 1.807) is 7.11 Å². The Balaban J connectivity index is 3.79. The zero-order chi connectivity index (χ0) is 8.20. The number of hydrogen-bond acceptors (Lipinski definition) is 1. The van der Waals surface area contributed by atoms with Crippen LogP contribution in [0.5, 0.6) is 0 Å². The zero-order valence-electron chi connectivity index (χ0n) is 7.27. The zero-order valence-corrected chi connectivity index (χ0v) is 7.27. The minimum atomic E-state index is -0.0776. The molecule has 0 aromatic heterocycles. The molecule has 0 aromatic rings. The topological polar surface area (TPSA) is 9.23 Å². The van der Waals surface area contributed by atoms with Crippen LogP contribution in [0.1, 0.15) is 27.2 Å². The van der Waals surface area contributed by atoms with Crippen LogP contribution >= 0.6 is 0 Å². The van der Waals surface area contributed by atoms with Gasteiger partial charge in [0.15, 0.2) is 0 Å². The third kappa shape index (κ3) is 3.53. The highest BCUT2D eigenvalue weighted by atomic mass is 16.5. The molecule has 10 heavy (non-hydrogen) atoms. The van der Waals surface area contributed by atoms with Crippen molar-refractivity contribution in [2.75, 3.05) is 7.11 Å². The molecule has 0 N–H and O–H groups in total. The monoisotopic (exact) mass is 140 g/mol. The number of methoxy groups -OCH3 is 1. The van der Waals surface area contributed by atoms with Crippen LogP contribution < -0.4 is 0 Å². The van der Waals surface area contributed by atoms with Gasteiger partial charge in [-0.2, -0.15) is 0 Å². The van der Waals surface area contributed by atoms with Crippen LogP contribution in [0.2, 0.25) is 0 Å². The summed E-state index contributed by atoms with van der Waals surface area (Å²) in [6, 6.07) is 0. The van der Waals surface area contributed by atoms with Crippen LogP contribution in [0, 0.1) is 18.3 Å². The van der Waals surface area contributed by atoms with Gasteiger partial charge in [0.25, 0.3) is 0 Å². The average Bonchev–Trinajstić information content (AvgIpc) is 1.87. The SMILES string of the molecule is C#CC(C)CC(C)(C)OC. The van der Waals surface area contributed by atoms with Crippen LogP contribution in [0.4, 0.5) is 0 Å². The second-order valence-corrected chi connectivity index (χ2v) is 3.24. The highest BCUT2D eigenvalue weighted by Crippen LogP contribution is 2.18. The quantitative estimate of drug-likeness (QED) is 0.545. The second kappa shape index (κ2) is 3.63. The molecule has 0 bridgehead atoms. The summed E-state index contributed by atoms with van der Waals surface area (Å²) in [7, 11) is 1.71. The van der Waals surface area contributed by atoms with Crippen LogP contribution in [0.3, 0.4) is 0 Å². The first kappa shape index (κ1) is 9.52. The molecule has 1 unspecified atom stereocenters. The summed E-state index contributed by atoms with van der Waals surface area (Å²) >= 11 is 0. The Labute approximate surface area is 63.8 Å². The van der Waals surface area contributed by atoms with E-state index < -0.39 is 0 Å². The molecule has 1 atom stereocenters. The van der Waals surface area contributed by atoms with Crippen LogP contribution in [-0.4, -0.2) is 12.7 Å². The van der Waals surface area contributed by atoms with Gasteiger partial charge in [0, 0.05) is 13.0 Å². The first-order chi connectivity index (χ1) is 4.52. The standard InChI is InChI=1S/C9H16O/c1-6-8(2)7-9(3,4)10-5/h1,8H,7H2,2-5H3. The van der Waals surface area contributed by atoms with Crippen molar-refractivity contribution in [3.63, 3.8) is 0 Å². The van der Waals surface area contributed by atoms with E-state index in [1.165, 1.54) is 0 Å². The van der Waals surface area contributed by atoms with E-state index in [0.29, 0.717) is 5.92 Å². The maximum absolute atomic E-state index is 5.23. The van der Waals surface area contributed by atoms with Gasteiger partial charge in [-0.25, -0.2) is 0 Å². The number of hydrogen-bond donors (Lipinski definition) is 0. The fraction of sp³-hybridized carbons (Fsp3) is 0.778. The molecular weight excluding hydrogens is 124 g/mol. The van der Waals surface area contributed by atoms with Crippen LogP contribution in [0.25, 0.3) is 0 Å². The van der Waals surface area contributed by atoms with Gasteiger partial charge in [-0.05, 0) is 20.3 Å². The molecule has 0 saturated heterocycles. The highest BCUT2D eigenvalue weighted by Gasteiger charge is 2.18. The molecule has 0 rings (SSSR count). The van der Waals surface area contributed by atoms with Gasteiger partial charge in [0.05, 0.1) is 5.60 Å². The summed E-state index contributed by atoms with van der Waals surface area (Å²) in [6.45, 7) is 6.11. The molecule has 0 saturated carbocycles. The average molecular weight is 140 g/mol. The molecule has 0 spiro atoms. The van der Waals surface area contributed by atoms with Gasteiger partial charge < -0.3 is 4.74 Å². The van der Waals surface area contributed by atoms with Crippen LogP contribution in [0.15, 0.2) is 0 Å². The van der Waals surface area contributed by atoms with E-state index in [9.17, 15) is 0 Å². The van der Waals surface area contributed by atoms with Gasteiger partial charge in [0.1, 0.15) is 0 Å². The van der Waals surface area contributed by atoms with Gasteiger partial charge in [0.2, 0.25) is 0 Å². The molecular formula is C9H16O. The van der Waals surface area contributed by atoms with Crippen molar-refractivity contribution in [3.05, 3.63) is 0 Å². The van der Waals surface area contributed by atoms with E-state index >= 15 is 0 Å². The summed E-state index contributed by atoms with van der Waals surface area (Å²) in [5.41, 5.74) is -0.0776. The van der Waals surface area contributed by atoms with Crippen molar-refractivity contribution in [3.8, 4) is 12.3 Å². The summed E-state index contributed by atoms with van der Waals surface area (Å²) in [5, 5.41) is 0. The molecule has 1 heteroatoms. The number of ether oxygens (including phenoxy) is 1. The van der Waals surface area contributed by atoms with Crippen molar-refractivity contribution < 1.29 is 4.74 Å². The van der Waals surface area contributed by atoms with Gasteiger partial charge in [-0.15, -0.1) is 12.3 Å². The number of terminal acetylenes is 1. The Morgan fingerprint density at radius 2 is 2.10 bits per heavy atom. The van der Waals surface area contributed by atoms with E-state index in [4.69, 9.17) is 11.2 Å². The molecule has 0 heterocycles. The van der Waals surface area contributed by atoms with Crippen LogP contribution in [-0.2, 0) is 4.74 Å². The van der Waals surface area contributed by atoms with Crippen molar-refractivity contribution in [2.45, 2.75) is 32.8 Å². The first-order valence-electron chi connectivity index (χ1n) is 3.53. The van der Waals surface area contributed by atoms with E-state index in [-0.39, 0.29) is 5.60 Å². The molecule has 0 fully saturated rings. The lowest BCUT2D eigenvalue weighted by atomic mass is 9.95. The number of rotatable bonds is 3. The van der Waals surface area contributed by atoms with Crippen molar-refractivity contribution in [1.29, 1.82) is 0 Å². The predicted molar refractivity (Wildman–Crippen MR) is 43.7 cm³/mol. The van der Waals surface area contributed by atoms with Gasteiger partial charge in [-0.3, -0.25) is 0 Å². The highest BCUT2D eigenvalue weighted by molar-refractivity contribution is 4.93. The largest absolute Gasteiger partial charge is 0.379 e. The predicted octanol–water partition coefficient (Wildman–Crippen LogP) is 2.07. The third-order valence-electron chi connectivity index (χ3n) is 1.63. The second-order valence-electron chi connectivity index (χ2n) is 3.24. The summed E-state index contributed by atoms with van der Waals surface area (Å²) < 4.78 is 5.21. The van der Waals surface area contributed by atoms with Gasteiger partial charge >= 0.3 is 0 Å². The molecule has 0 aliphatic rings. The maximum Gasteiger partial charge on any atom is 0.0634 e. The lowest BCUT2D eigenvalue weighted by Crippen LogP contribution is -2.24. The minimum Gasteiger partial charge on any atom is -0.379 e. The Bertz CT molecular complexity index is 130. The van der Waals surface area contributed by atoms with Crippen molar-refractivity contribution in [2.24, 2.45) is 5.92 Å². The maximum atomic E-state index is 5.23. The van der Waals surface area contributed by atoms with Gasteiger partial charge in [-0.1, -0.05) is 6.92 Å². The van der Waals surface area contributed by atoms with E-state index in [2.05, 4.69) is 5.92 Å². The molecule has 1 nitrogen and oxygen atoms in total. The van der Waals surface area contributed by atoms with Crippen molar-refractivity contribution in [1.82, 2.24) is 0 Å². The Kier molecular flexibility index (Phi) is 3.46. The third-order valence-corrected chi connectivity index (χ3v) is 1.63. The van der Waals surface area contributed by atoms with E-state index in [1.807, 2.05) is 20.8 Å². The Hall–Kier alpha value is -0.480. The van der Waals surface area contributed by atoms with Crippen molar-refractivity contribution >= 4 is 0 Å². The molecule has 58 valence electrons. The summed E-state index contributed by atoms with van der Waals surface area (Å²) in [6.07, 6.45) is 6.15. The lowest BCUT2D eigenvalue weighted by Gasteiger charge is -2.24. The minimum absolute atomic E-state index is 0.0776. The Morgan fingerprint density at radius 3 is 2.40 bits per heavy atom. The molecule has 0 amide bonds. The Morgan fingerprint density at radius 1 is 1.60 bits per heavy atom. The fourth-order valence-corrected chi connectivity index (χ4v) is 0.880. The van der Waals surface area contributed by atoms with E-state index in [0.717, 1.165) is 6.42 Å². The summed E-state index contributed by atoms with van der Waals surface area (Å²) in [5.74, 6) is 2.98. The lowest BCUT2D eigenvalue weighted by molar-refractivity contribution is 0.00900. The normalized spacial score (nSPS) is 14.3. The molecule has 0 radical (unpaired) electrons. The first-order valence-corrected chi connectivity index (χ1v) is 3.53.